The third kappa shape index (κ3) is 2.76. The normalized spacial score (nSPS) is 13.0. The summed E-state index contributed by atoms with van der Waals surface area (Å²) in [7, 11) is 0. The molecule has 2 aromatic rings. The van der Waals surface area contributed by atoms with Gasteiger partial charge in [0.15, 0.2) is 0 Å². The summed E-state index contributed by atoms with van der Waals surface area (Å²) in [5.74, 6) is 0. The van der Waals surface area contributed by atoms with Gasteiger partial charge in [-0.1, -0.05) is 71.3 Å². The summed E-state index contributed by atoms with van der Waals surface area (Å²) in [6.07, 6.45) is 0. The van der Waals surface area contributed by atoms with Crippen molar-refractivity contribution in [3.05, 3.63) is 40.5 Å². The van der Waals surface area contributed by atoms with Crippen LogP contribution in [0.25, 0.3) is 10.9 Å². The molecule has 0 unspecified atom stereocenters. The smallest absolute Gasteiger partial charge is 0.133 e. The van der Waals surface area contributed by atoms with Gasteiger partial charge in [0, 0.05) is 5.39 Å². The van der Waals surface area contributed by atoms with E-state index in [-0.39, 0.29) is 10.8 Å². The summed E-state index contributed by atoms with van der Waals surface area (Å²) in [5.41, 5.74) is 3.45. The topological polar surface area (TPSA) is 12.9 Å². The number of halogens is 1. The average Bonchev–Trinajstić information content (AvgIpc) is 2.24. The highest BCUT2D eigenvalue weighted by Crippen LogP contribution is 2.34. The van der Waals surface area contributed by atoms with E-state index >= 15 is 0 Å². The van der Waals surface area contributed by atoms with Crippen LogP contribution in [0.1, 0.15) is 52.7 Å². The van der Waals surface area contributed by atoms with Crippen molar-refractivity contribution in [1.82, 2.24) is 4.98 Å². The zero-order valence-corrected chi connectivity index (χ0v) is 13.4. The average molecular weight is 276 g/mol. The highest BCUT2D eigenvalue weighted by Gasteiger charge is 2.22. The van der Waals surface area contributed by atoms with Crippen LogP contribution in [0, 0.1) is 0 Å². The highest BCUT2D eigenvalue weighted by molar-refractivity contribution is 6.30. The predicted octanol–water partition coefficient (Wildman–Crippen LogP) is 5.48. The Morgan fingerprint density at radius 3 is 2.00 bits per heavy atom. The van der Waals surface area contributed by atoms with Crippen molar-refractivity contribution in [1.29, 1.82) is 0 Å². The Hall–Kier alpha value is -1.08. The lowest BCUT2D eigenvalue weighted by atomic mass is 9.83. The molecule has 0 N–H and O–H groups in total. The number of benzene rings is 1. The van der Waals surface area contributed by atoms with Crippen molar-refractivity contribution in [2.75, 3.05) is 0 Å². The van der Waals surface area contributed by atoms with Crippen molar-refractivity contribution in [3.63, 3.8) is 0 Å². The molecule has 0 amide bonds. The van der Waals surface area contributed by atoms with Gasteiger partial charge >= 0.3 is 0 Å². The van der Waals surface area contributed by atoms with Crippen molar-refractivity contribution < 1.29 is 0 Å². The molecule has 1 aromatic heterocycles. The first kappa shape index (κ1) is 14.3. The van der Waals surface area contributed by atoms with Crippen molar-refractivity contribution in [2.24, 2.45) is 0 Å². The Labute approximate surface area is 121 Å². The maximum atomic E-state index is 6.40. The Morgan fingerprint density at radius 2 is 1.47 bits per heavy atom. The molecule has 0 bridgehead atoms. The second kappa shape index (κ2) is 4.49. The summed E-state index contributed by atoms with van der Waals surface area (Å²) >= 11 is 6.40. The maximum Gasteiger partial charge on any atom is 0.133 e. The number of aromatic nitrogens is 1. The lowest BCUT2D eigenvalue weighted by molar-refractivity contribution is 0.586. The van der Waals surface area contributed by atoms with Crippen LogP contribution in [0.15, 0.2) is 24.3 Å². The first-order chi connectivity index (χ1) is 8.60. The van der Waals surface area contributed by atoms with E-state index in [2.05, 4.69) is 70.8 Å². The first-order valence-corrected chi connectivity index (χ1v) is 7.09. The van der Waals surface area contributed by atoms with E-state index in [0.29, 0.717) is 5.15 Å². The van der Waals surface area contributed by atoms with Crippen LogP contribution in [0.3, 0.4) is 0 Å². The largest absolute Gasteiger partial charge is 0.235 e. The third-order valence-corrected chi connectivity index (χ3v) is 3.70. The molecule has 0 aliphatic carbocycles. The van der Waals surface area contributed by atoms with Crippen LogP contribution in [0.4, 0.5) is 0 Å². The zero-order valence-electron chi connectivity index (χ0n) is 12.6. The maximum absolute atomic E-state index is 6.40. The number of hydrogen-bond donors (Lipinski definition) is 0. The first-order valence-electron chi connectivity index (χ1n) is 6.71. The fourth-order valence-electron chi connectivity index (χ4n) is 2.31. The number of pyridine rings is 1. The van der Waals surface area contributed by atoms with E-state index in [0.717, 1.165) is 11.1 Å². The fourth-order valence-corrected chi connectivity index (χ4v) is 2.73. The van der Waals surface area contributed by atoms with Gasteiger partial charge in [-0.25, -0.2) is 4.98 Å². The van der Waals surface area contributed by atoms with Gasteiger partial charge in [-0.3, -0.25) is 0 Å². The van der Waals surface area contributed by atoms with E-state index in [1.807, 2.05) is 0 Å². The molecule has 0 radical (unpaired) electrons. The summed E-state index contributed by atoms with van der Waals surface area (Å²) < 4.78 is 0. The molecule has 19 heavy (non-hydrogen) atoms. The molecule has 2 rings (SSSR count). The monoisotopic (exact) mass is 275 g/mol. The number of nitrogens with zero attached hydrogens (tertiary/aromatic N) is 1. The van der Waals surface area contributed by atoms with Crippen LogP contribution in [0.2, 0.25) is 5.15 Å². The second-order valence-corrected chi connectivity index (χ2v) is 7.56. The van der Waals surface area contributed by atoms with Gasteiger partial charge in [0.1, 0.15) is 5.15 Å². The van der Waals surface area contributed by atoms with Crippen LogP contribution >= 0.6 is 11.6 Å². The Morgan fingerprint density at radius 1 is 0.895 bits per heavy atom. The third-order valence-electron chi connectivity index (χ3n) is 3.42. The molecule has 0 spiro atoms. The number of fused-ring (bicyclic) bond motifs is 1. The summed E-state index contributed by atoms with van der Waals surface area (Å²) in [4.78, 5) is 4.67. The molecule has 2 heteroatoms. The van der Waals surface area contributed by atoms with Crippen LogP contribution < -0.4 is 0 Å². The predicted molar refractivity (Wildman–Crippen MR) is 84.2 cm³/mol. The van der Waals surface area contributed by atoms with E-state index in [4.69, 9.17) is 11.6 Å². The molecule has 1 nitrogen and oxygen atoms in total. The molecule has 102 valence electrons. The van der Waals surface area contributed by atoms with Crippen molar-refractivity contribution >= 4 is 22.5 Å². The van der Waals surface area contributed by atoms with Gasteiger partial charge < -0.3 is 0 Å². The molecule has 0 atom stereocenters. The minimum absolute atomic E-state index is 0.00993. The number of hydrogen-bond acceptors (Lipinski definition) is 1. The SMILES string of the molecule is CC(C)(C)c1cc2cccc(C(C)(C)C)c2nc1Cl. The van der Waals surface area contributed by atoms with E-state index in [1.165, 1.54) is 10.9 Å². The van der Waals surface area contributed by atoms with Gasteiger partial charge in [-0.15, -0.1) is 0 Å². The van der Waals surface area contributed by atoms with E-state index in [1.54, 1.807) is 0 Å². The number of rotatable bonds is 0. The molecular weight excluding hydrogens is 254 g/mol. The summed E-state index contributed by atoms with van der Waals surface area (Å²) in [6.45, 7) is 13.1. The minimum Gasteiger partial charge on any atom is -0.235 e. The van der Waals surface area contributed by atoms with Crippen LogP contribution in [-0.4, -0.2) is 4.98 Å². The number of para-hydroxylation sites is 1. The standard InChI is InChI=1S/C17H22ClN/c1-16(2,3)12-9-7-8-11-10-13(17(4,5)6)15(18)19-14(11)12/h7-10H,1-6H3. The second-order valence-electron chi connectivity index (χ2n) is 7.20. The van der Waals surface area contributed by atoms with Gasteiger partial charge in [-0.2, -0.15) is 0 Å². The van der Waals surface area contributed by atoms with Crippen LogP contribution in [0.5, 0.6) is 0 Å². The lowest BCUT2D eigenvalue weighted by Gasteiger charge is -2.24. The van der Waals surface area contributed by atoms with Gasteiger partial charge in [0.2, 0.25) is 0 Å². The Kier molecular flexibility index (Phi) is 3.38. The van der Waals surface area contributed by atoms with Crippen molar-refractivity contribution in [3.8, 4) is 0 Å². The molecule has 1 heterocycles. The molecule has 0 saturated heterocycles. The van der Waals surface area contributed by atoms with Crippen LogP contribution in [-0.2, 0) is 10.8 Å². The Balaban J connectivity index is 2.79. The quantitative estimate of drug-likeness (QED) is 0.580. The molecule has 0 saturated carbocycles. The van der Waals surface area contributed by atoms with Gasteiger partial charge in [-0.05, 0) is 28.0 Å². The zero-order chi connectivity index (χ0) is 14.4. The molecule has 0 aliphatic rings. The lowest BCUT2D eigenvalue weighted by Crippen LogP contribution is -2.15. The molecule has 1 aromatic carbocycles. The summed E-state index contributed by atoms with van der Waals surface area (Å²) in [6, 6.07) is 8.54. The minimum atomic E-state index is 0.00993. The van der Waals surface area contributed by atoms with Gasteiger partial charge in [0.05, 0.1) is 5.52 Å². The Bertz CT molecular complexity index is 615. The van der Waals surface area contributed by atoms with E-state index in [9.17, 15) is 0 Å². The highest BCUT2D eigenvalue weighted by atomic mass is 35.5. The van der Waals surface area contributed by atoms with Gasteiger partial charge in [0.25, 0.3) is 0 Å². The van der Waals surface area contributed by atoms with E-state index < -0.39 is 0 Å². The van der Waals surface area contributed by atoms with Crippen molar-refractivity contribution in [2.45, 2.75) is 52.4 Å². The fraction of sp³-hybridized carbons (Fsp3) is 0.471. The molecule has 0 aliphatic heterocycles. The summed E-state index contributed by atoms with van der Waals surface area (Å²) in [5, 5.41) is 1.79. The molecule has 0 fully saturated rings. The molecular formula is C17H22ClN.